The van der Waals surface area contributed by atoms with Gasteiger partial charge in [-0.15, -0.1) is 0 Å². The monoisotopic (exact) mass is 268 g/mol. The molecule has 2 aromatic rings. The quantitative estimate of drug-likeness (QED) is 0.735. The van der Waals surface area contributed by atoms with Gasteiger partial charge in [0, 0.05) is 28.1 Å². The van der Waals surface area contributed by atoms with Gasteiger partial charge < -0.3 is 9.63 Å². The van der Waals surface area contributed by atoms with Crippen LogP contribution in [0.2, 0.25) is 0 Å². The predicted octanol–water partition coefficient (Wildman–Crippen LogP) is 1.40. The van der Waals surface area contributed by atoms with Gasteiger partial charge in [0.2, 0.25) is 5.69 Å². The average Bonchev–Trinajstić information content (AvgIpc) is 2.46. The van der Waals surface area contributed by atoms with E-state index < -0.39 is 5.95 Å². The highest BCUT2D eigenvalue weighted by atomic mass is 79.9. The molecular weight excluding hydrogens is 260 g/mol. The summed E-state index contributed by atoms with van der Waals surface area (Å²) < 4.78 is 6.27. The molecule has 1 aromatic heterocycles. The van der Waals surface area contributed by atoms with Crippen molar-refractivity contribution < 1.29 is 14.3 Å². The lowest BCUT2D eigenvalue weighted by atomic mass is 10.1. The van der Waals surface area contributed by atoms with Crippen LogP contribution in [0.25, 0.3) is 5.69 Å². The van der Waals surface area contributed by atoms with E-state index in [1.54, 1.807) is 0 Å². The van der Waals surface area contributed by atoms with E-state index in [2.05, 4.69) is 31.8 Å². The van der Waals surface area contributed by atoms with Crippen LogP contribution in [0.3, 0.4) is 0 Å². The number of rotatable bonds is 1. The lowest BCUT2D eigenvalue weighted by molar-refractivity contribution is -0.680. The molecular formula is C10H9BrN2O2. The molecule has 1 aromatic carbocycles. The van der Waals surface area contributed by atoms with Gasteiger partial charge >= 0.3 is 4.60 Å². The van der Waals surface area contributed by atoms with E-state index in [9.17, 15) is 5.11 Å². The van der Waals surface area contributed by atoms with Crippen LogP contribution in [-0.4, -0.2) is 5.27 Å². The van der Waals surface area contributed by atoms with Crippen molar-refractivity contribution in [2.75, 3.05) is 0 Å². The van der Waals surface area contributed by atoms with Gasteiger partial charge in [-0.1, -0.05) is 6.07 Å². The summed E-state index contributed by atoms with van der Waals surface area (Å²) >= 11 is 3.13. The molecule has 1 heterocycles. The Labute approximate surface area is 95.2 Å². The van der Waals surface area contributed by atoms with Crippen molar-refractivity contribution >= 4 is 15.9 Å². The summed E-state index contributed by atoms with van der Waals surface area (Å²) in [6.07, 6.45) is 0. The molecule has 0 atom stereocenters. The van der Waals surface area contributed by atoms with E-state index in [1.807, 2.05) is 26.0 Å². The van der Waals surface area contributed by atoms with Crippen molar-refractivity contribution in [3.8, 4) is 11.6 Å². The molecule has 0 saturated carbocycles. The van der Waals surface area contributed by atoms with Crippen molar-refractivity contribution in [3.05, 3.63) is 33.9 Å². The van der Waals surface area contributed by atoms with Crippen LogP contribution in [0.15, 0.2) is 27.3 Å². The molecule has 0 amide bonds. The van der Waals surface area contributed by atoms with E-state index in [-0.39, 0.29) is 0 Å². The van der Waals surface area contributed by atoms with E-state index in [4.69, 9.17) is 0 Å². The first kappa shape index (κ1) is 10.2. The minimum absolute atomic E-state index is 0.299. The van der Waals surface area contributed by atoms with Gasteiger partial charge in [-0.25, -0.2) is 0 Å². The zero-order valence-corrected chi connectivity index (χ0v) is 9.91. The molecule has 0 aliphatic carbocycles. The number of benzene rings is 1. The molecule has 2 rings (SSSR count). The van der Waals surface area contributed by atoms with Crippen molar-refractivity contribution in [2.45, 2.75) is 13.8 Å². The lowest BCUT2D eigenvalue weighted by Crippen LogP contribution is -2.33. The summed E-state index contributed by atoms with van der Waals surface area (Å²) in [5.41, 5.74) is 3.03. The summed E-state index contributed by atoms with van der Waals surface area (Å²) in [5.74, 6) is -0.478. The molecule has 0 aliphatic heterocycles. The van der Waals surface area contributed by atoms with E-state index >= 15 is 0 Å². The van der Waals surface area contributed by atoms with Gasteiger partial charge in [-0.05, 0) is 29.7 Å². The Balaban J connectivity index is 2.58. The molecule has 0 bridgehead atoms. The minimum Gasteiger partial charge on any atom is -0.538 e. The highest BCUT2D eigenvalue weighted by molar-refractivity contribution is 9.10. The minimum atomic E-state index is -0.478. The second-order valence-corrected chi connectivity index (χ2v) is 4.16. The number of aromatic nitrogens is 2. The van der Waals surface area contributed by atoms with Crippen LogP contribution in [0, 0.1) is 13.8 Å². The first-order valence-electron chi connectivity index (χ1n) is 4.41. The van der Waals surface area contributed by atoms with Crippen LogP contribution in [0.5, 0.6) is 5.95 Å². The van der Waals surface area contributed by atoms with Gasteiger partial charge in [-0.2, -0.15) is 0 Å². The maximum atomic E-state index is 11.1. The normalized spacial score (nSPS) is 10.6. The van der Waals surface area contributed by atoms with Gasteiger partial charge in [0.15, 0.2) is 5.95 Å². The van der Waals surface area contributed by atoms with Crippen LogP contribution in [-0.2, 0) is 0 Å². The Morgan fingerprint density at radius 2 is 1.87 bits per heavy atom. The number of hydrogen-bond donors (Lipinski definition) is 0. The third-order valence-corrected chi connectivity index (χ3v) is 2.67. The third kappa shape index (κ3) is 1.87. The number of nitrogens with zero attached hydrogens (tertiary/aromatic N) is 2. The highest BCUT2D eigenvalue weighted by Crippen LogP contribution is 2.17. The molecule has 0 spiro atoms. The SMILES string of the molecule is Cc1cc(C)cc(-[n+]2noc([O-])c2Br)c1. The second-order valence-electron chi connectivity index (χ2n) is 3.41. The Morgan fingerprint density at radius 3 is 2.33 bits per heavy atom. The Kier molecular flexibility index (Phi) is 2.48. The summed E-state index contributed by atoms with van der Waals surface area (Å²) in [6.45, 7) is 3.98. The van der Waals surface area contributed by atoms with Crippen molar-refractivity contribution in [2.24, 2.45) is 0 Å². The molecule has 78 valence electrons. The first-order valence-corrected chi connectivity index (χ1v) is 5.20. The average molecular weight is 269 g/mol. The van der Waals surface area contributed by atoms with Crippen LogP contribution in [0.1, 0.15) is 11.1 Å². The topological polar surface area (TPSA) is 53.0 Å². The lowest BCUT2D eigenvalue weighted by Gasteiger charge is -1.96. The fourth-order valence-electron chi connectivity index (χ4n) is 1.47. The molecule has 0 unspecified atom stereocenters. The molecule has 0 fully saturated rings. The number of halogens is 1. The van der Waals surface area contributed by atoms with Crippen LogP contribution >= 0.6 is 15.9 Å². The van der Waals surface area contributed by atoms with Crippen LogP contribution < -0.4 is 9.79 Å². The zero-order valence-electron chi connectivity index (χ0n) is 8.32. The van der Waals surface area contributed by atoms with Gasteiger partial charge in [0.25, 0.3) is 0 Å². The Bertz CT molecular complexity index is 488. The smallest absolute Gasteiger partial charge is 0.305 e. The van der Waals surface area contributed by atoms with E-state index in [0.29, 0.717) is 4.60 Å². The van der Waals surface area contributed by atoms with Crippen molar-refractivity contribution in [1.82, 2.24) is 5.27 Å². The first-order chi connectivity index (χ1) is 7.08. The third-order valence-electron chi connectivity index (χ3n) is 2.01. The summed E-state index contributed by atoms with van der Waals surface area (Å²) in [6, 6.07) is 5.91. The highest BCUT2D eigenvalue weighted by Gasteiger charge is 2.17. The van der Waals surface area contributed by atoms with Crippen LogP contribution in [0.4, 0.5) is 0 Å². The Hall–Kier alpha value is -1.36. The molecule has 0 aliphatic rings. The largest absolute Gasteiger partial charge is 0.538 e. The summed E-state index contributed by atoms with van der Waals surface area (Å²) in [5, 5.41) is 14.7. The fourth-order valence-corrected chi connectivity index (χ4v) is 1.81. The predicted molar refractivity (Wildman–Crippen MR) is 54.7 cm³/mol. The summed E-state index contributed by atoms with van der Waals surface area (Å²) in [4.78, 5) is 0. The Morgan fingerprint density at radius 1 is 1.27 bits per heavy atom. The maximum Gasteiger partial charge on any atom is 0.305 e. The summed E-state index contributed by atoms with van der Waals surface area (Å²) in [7, 11) is 0. The number of hydrogen-bond acceptors (Lipinski definition) is 3. The fraction of sp³-hybridized carbons (Fsp3) is 0.200. The second kappa shape index (κ2) is 3.66. The van der Waals surface area contributed by atoms with Gasteiger partial charge in [0.05, 0.1) is 5.27 Å². The zero-order chi connectivity index (χ0) is 11.0. The molecule has 5 heteroatoms. The molecule has 4 nitrogen and oxygen atoms in total. The maximum absolute atomic E-state index is 11.1. The van der Waals surface area contributed by atoms with Gasteiger partial charge in [-0.3, -0.25) is 0 Å². The molecule has 0 N–H and O–H groups in total. The van der Waals surface area contributed by atoms with E-state index in [1.165, 1.54) is 4.68 Å². The van der Waals surface area contributed by atoms with E-state index in [0.717, 1.165) is 16.8 Å². The molecule has 0 saturated heterocycles. The van der Waals surface area contributed by atoms with Crippen molar-refractivity contribution in [1.29, 1.82) is 0 Å². The van der Waals surface area contributed by atoms with Crippen molar-refractivity contribution in [3.63, 3.8) is 0 Å². The molecule has 0 radical (unpaired) electrons. The number of aryl methyl sites for hydroxylation is 2. The standard InChI is InChI=1S/C10H9BrN2O2/c1-6-3-7(2)5-8(4-6)13-9(11)10(14)15-12-13/h3-5H,1-2H3. The molecule has 15 heavy (non-hydrogen) atoms. The van der Waals surface area contributed by atoms with Gasteiger partial charge in [0.1, 0.15) is 0 Å².